The molecular weight excluding hydrogens is 478 g/mol. The zero-order chi connectivity index (χ0) is 26.0. The van der Waals surface area contributed by atoms with Crippen molar-refractivity contribution in [1.82, 2.24) is 20.2 Å². The fraction of sp³-hybridized carbons (Fsp3) is 0.300. The highest BCUT2D eigenvalue weighted by Gasteiger charge is 2.46. The minimum absolute atomic E-state index is 0.121. The molecule has 3 aliphatic rings. The Kier molecular flexibility index (Phi) is 5.18. The molecule has 4 heterocycles. The smallest absolute Gasteiger partial charge is 0.265 e. The van der Waals surface area contributed by atoms with E-state index in [0.29, 0.717) is 22.4 Å². The van der Waals surface area contributed by atoms with E-state index in [-0.39, 0.29) is 24.1 Å². The van der Waals surface area contributed by atoms with Crippen LogP contribution in [0.1, 0.15) is 29.7 Å². The summed E-state index contributed by atoms with van der Waals surface area (Å²) in [4.78, 5) is 39.7. The van der Waals surface area contributed by atoms with Crippen molar-refractivity contribution in [2.45, 2.75) is 25.3 Å². The number of fused-ring (bicyclic) bond motifs is 2. The van der Waals surface area contributed by atoms with Gasteiger partial charge in [-0.3, -0.25) is 9.59 Å². The molecule has 8 heteroatoms. The summed E-state index contributed by atoms with van der Waals surface area (Å²) in [6, 6.07) is 16.0. The van der Waals surface area contributed by atoms with E-state index in [2.05, 4.69) is 21.3 Å². The van der Waals surface area contributed by atoms with Crippen LogP contribution in [0.5, 0.6) is 0 Å². The van der Waals surface area contributed by atoms with Crippen LogP contribution >= 0.6 is 0 Å². The number of amides is 2. The van der Waals surface area contributed by atoms with Crippen molar-refractivity contribution in [2.75, 3.05) is 38.4 Å². The van der Waals surface area contributed by atoms with Crippen LogP contribution in [-0.2, 0) is 14.3 Å². The van der Waals surface area contributed by atoms with Crippen LogP contribution in [0.2, 0.25) is 0 Å². The minimum atomic E-state index is -0.386. The normalized spacial score (nSPS) is 19.0. The quantitative estimate of drug-likeness (QED) is 0.399. The molecule has 4 aromatic rings. The lowest BCUT2D eigenvalue weighted by atomic mass is 9.95. The van der Waals surface area contributed by atoms with Gasteiger partial charge in [0.1, 0.15) is 12.5 Å². The lowest BCUT2D eigenvalue weighted by molar-refractivity contribution is -0.141. The second-order valence-corrected chi connectivity index (χ2v) is 10.6. The number of H-pyrrole nitrogens is 1. The second-order valence-electron chi connectivity index (χ2n) is 10.6. The van der Waals surface area contributed by atoms with E-state index >= 15 is 0 Å². The molecule has 2 aromatic heterocycles. The number of nitrogens with one attached hydrogen (secondary N) is 2. The number of pyridine rings is 1. The summed E-state index contributed by atoms with van der Waals surface area (Å²) in [5.74, 6) is 0.0748. The monoisotopic (exact) mass is 507 g/mol. The molecule has 2 fully saturated rings. The number of piperazine rings is 1. The Hall–Kier alpha value is -4.01. The number of aromatic nitrogens is 2. The number of imide groups is 1. The molecule has 2 N–H and O–H groups in total. The van der Waals surface area contributed by atoms with Gasteiger partial charge in [0.2, 0.25) is 0 Å². The van der Waals surface area contributed by atoms with Crippen molar-refractivity contribution >= 4 is 50.5 Å². The van der Waals surface area contributed by atoms with Gasteiger partial charge < -0.3 is 19.9 Å². The average Bonchev–Trinajstić information content (AvgIpc) is 3.44. The van der Waals surface area contributed by atoms with Gasteiger partial charge in [0.05, 0.1) is 16.8 Å². The Labute approximate surface area is 220 Å². The number of ether oxygens (including phenoxy) is 1. The summed E-state index contributed by atoms with van der Waals surface area (Å²) >= 11 is 0. The fourth-order valence-electron chi connectivity index (χ4n) is 5.98. The summed E-state index contributed by atoms with van der Waals surface area (Å²) in [5.41, 5.74) is 4.11. The first-order valence-corrected chi connectivity index (χ1v) is 13.1. The summed E-state index contributed by atoms with van der Waals surface area (Å²) in [7, 11) is 1.49. The number of aryl methyl sites for hydroxylation is 1. The van der Waals surface area contributed by atoms with E-state index in [1.165, 1.54) is 12.0 Å². The number of hydrogen-bond acceptors (Lipinski definition) is 6. The number of aromatic amines is 1. The molecule has 2 aromatic carbocycles. The second kappa shape index (κ2) is 8.51. The molecule has 2 amide bonds. The van der Waals surface area contributed by atoms with Gasteiger partial charge in [-0.05, 0) is 36.8 Å². The third kappa shape index (κ3) is 3.48. The van der Waals surface area contributed by atoms with Crippen LogP contribution in [0, 0.1) is 6.92 Å². The molecule has 7 rings (SSSR count). The average molecular weight is 508 g/mol. The standard InChI is InChI=1S/C30H29N5O3/c1-18-6-5-9-21-22(15-31-26(18)21)24-25(29(37)35(17-38-2)28(24)36)27-20-8-4-3-7-19(20)14-23(33-27)34-13-12-32-30(16-34)10-11-30/h3-9,14-15,31-32H,10-13,16-17H2,1-2H3. The first-order chi connectivity index (χ1) is 18.5. The zero-order valence-electron chi connectivity index (χ0n) is 21.5. The van der Waals surface area contributed by atoms with Gasteiger partial charge in [-0.15, -0.1) is 0 Å². The number of nitrogens with zero attached hydrogens (tertiary/aromatic N) is 3. The number of anilines is 1. The Morgan fingerprint density at radius 1 is 1.03 bits per heavy atom. The minimum Gasteiger partial charge on any atom is -0.364 e. The van der Waals surface area contributed by atoms with E-state index < -0.39 is 0 Å². The largest absolute Gasteiger partial charge is 0.364 e. The first-order valence-electron chi connectivity index (χ1n) is 13.1. The van der Waals surface area contributed by atoms with Gasteiger partial charge in [0.25, 0.3) is 11.8 Å². The van der Waals surface area contributed by atoms with Crippen molar-refractivity contribution in [3.05, 3.63) is 71.5 Å². The predicted octanol–water partition coefficient (Wildman–Crippen LogP) is 3.85. The van der Waals surface area contributed by atoms with E-state index in [4.69, 9.17) is 9.72 Å². The number of rotatable bonds is 5. The van der Waals surface area contributed by atoms with Crippen LogP contribution in [-0.4, -0.2) is 65.7 Å². The van der Waals surface area contributed by atoms with E-state index in [9.17, 15) is 9.59 Å². The maximum absolute atomic E-state index is 14.0. The van der Waals surface area contributed by atoms with Gasteiger partial charge in [-0.2, -0.15) is 0 Å². The Morgan fingerprint density at radius 3 is 2.63 bits per heavy atom. The number of carbonyl (C=O) groups excluding carboxylic acids is 2. The molecule has 1 aliphatic carbocycles. The highest BCUT2D eigenvalue weighted by molar-refractivity contribution is 6.50. The molecule has 0 bridgehead atoms. The van der Waals surface area contributed by atoms with Crippen molar-refractivity contribution in [3.8, 4) is 0 Å². The topological polar surface area (TPSA) is 90.6 Å². The van der Waals surface area contributed by atoms with Crippen molar-refractivity contribution in [3.63, 3.8) is 0 Å². The molecule has 2 aliphatic heterocycles. The van der Waals surface area contributed by atoms with Crippen molar-refractivity contribution in [1.29, 1.82) is 0 Å². The third-order valence-electron chi connectivity index (χ3n) is 8.14. The molecule has 38 heavy (non-hydrogen) atoms. The van der Waals surface area contributed by atoms with Gasteiger partial charge in [0, 0.05) is 60.3 Å². The van der Waals surface area contributed by atoms with E-state index in [0.717, 1.165) is 65.5 Å². The molecule has 192 valence electrons. The van der Waals surface area contributed by atoms with Crippen LogP contribution in [0.25, 0.3) is 32.8 Å². The van der Waals surface area contributed by atoms with Gasteiger partial charge in [-0.1, -0.05) is 42.5 Å². The number of methoxy groups -OCH3 is 1. The summed E-state index contributed by atoms with van der Waals surface area (Å²) in [6.07, 6.45) is 4.16. The molecule has 1 saturated carbocycles. The molecule has 1 saturated heterocycles. The Balaban J connectivity index is 1.48. The number of carbonyl (C=O) groups is 2. The Morgan fingerprint density at radius 2 is 1.82 bits per heavy atom. The van der Waals surface area contributed by atoms with Gasteiger partial charge >= 0.3 is 0 Å². The molecule has 1 spiro atoms. The highest BCUT2D eigenvalue weighted by atomic mass is 16.5. The van der Waals surface area contributed by atoms with Crippen LogP contribution in [0.3, 0.4) is 0 Å². The van der Waals surface area contributed by atoms with Crippen molar-refractivity contribution in [2.24, 2.45) is 0 Å². The summed E-state index contributed by atoms with van der Waals surface area (Å²) in [5, 5.41) is 6.39. The highest BCUT2D eigenvalue weighted by Crippen LogP contribution is 2.42. The van der Waals surface area contributed by atoms with Crippen LogP contribution in [0.15, 0.2) is 54.7 Å². The fourth-order valence-corrected chi connectivity index (χ4v) is 5.98. The van der Waals surface area contributed by atoms with E-state index in [1.807, 2.05) is 55.6 Å². The maximum atomic E-state index is 14.0. The number of para-hydroxylation sites is 1. The van der Waals surface area contributed by atoms with Crippen LogP contribution in [0.4, 0.5) is 5.82 Å². The summed E-state index contributed by atoms with van der Waals surface area (Å²) < 4.78 is 5.27. The van der Waals surface area contributed by atoms with Gasteiger partial charge in [-0.25, -0.2) is 9.88 Å². The lowest BCUT2D eigenvalue weighted by Crippen LogP contribution is -2.52. The van der Waals surface area contributed by atoms with E-state index in [1.54, 1.807) is 0 Å². The molecule has 8 nitrogen and oxygen atoms in total. The predicted molar refractivity (Wildman–Crippen MR) is 148 cm³/mol. The zero-order valence-corrected chi connectivity index (χ0v) is 21.5. The molecule has 0 atom stereocenters. The van der Waals surface area contributed by atoms with Crippen LogP contribution < -0.4 is 10.2 Å². The Bertz CT molecular complexity index is 1670. The summed E-state index contributed by atoms with van der Waals surface area (Å²) in [6.45, 7) is 4.52. The van der Waals surface area contributed by atoms with Crippen molar-refractivity contribution < 1.29 is 14.3 Å². The van der Waals surface area contributed by atoms with Gasteiger partial charge in [0.15, 0.2) is 0 Å². The molecule has 0 radical (unpaired) electrons. The molecular formula is C30H29N5O3. The number of benzene rings is 2. The maximum Gasteiger partial charge on any atom is 0.265 e. The SMILES string of the molecule is COCN1C(=O)C(c2nc(N3CCNC4(CC4)C3)cc3ccccc23)=C(c2c[nH]c3c(C)cccc23)C1=O. The third-order valence-corrected chi connectivity index (χ3v) is 8.14. The lowest BCUT2D eigenvalue weighted by Gasteiger charge is -2.35. The number of hydrogen-bond donors (Lipinski definition) is 2. The first kappa shape index (κ1) is 23.1. The molecule has 0 unspecified atom stereocenters.